The van der Waals surface area contributed by atoms with Crippen LogP contribution in [0.4, 0.5) is 0 Å². The molecule has 138 valence electrons. The average Bonchev–Trinajstić information content (AvgIpc) is 3.17. The van der Waals surface area contributed by atoms with Crippen LogP contribution in [0, 0.1) is 0 Å². The summed E-state index contributed by atoms with van der Waals surface area (Å²) in [5.74, 6) is 0. The van der Waals surface area contributed by atoms with Crippen LogP contribution in [0.2, 0.25) is 0 Å². The molecular formula is C23H18BrN3S. The van der Waals surface area contributed by atoms with Gasteiger partial charge in [-0.3, -0.25) is 4.99 Å². The summed E-state index contributed by atoms with van der Waals surface area (Å²) in [5.41, 5.74) is 5.58. The van der Waals surface area contributed by atoms with E-state index >= 15 is 0 Å². The van der Waals surface area contributed by atoms with Crippen molar-refractivity contribution in [3.63, 3.8) is 0 Å². The Balaban J connectivity index is 1.69. The zero-order valence-corrected chi connectivity index (χ0v) is 17.7. The second-order valence-corrected chi connectivity index (χ2v) is 7.93. The number of rotatable bonds is 4. The van der Waals surface area contributed by atoms with Gasteiger partial charge in [0.2, 0.25) is 4.80 Å². The number of halogens is 1. The molecule has 3 aromatic carbocycles. The number of thiazole rings is 1. The van der Waals surface area contributed by atoms with E-state index in [1.54, 1.807) is 18.4 Å². The zero-order chi connectivity index (χ0) is 19.3. The first-order chi connectivity index (χ1) is 13.7. The van der Waals surface area contributed by atoms with Crippen molar-refractivity contribution in [2.24, 2.45) is 10.1 Å². The number of benzene rings is 3. The van der Waals surface area contributed by atoms with Crippen LogP contribution < -0.4 is 4.80 Å². The van der Waals surface area contributed by atoms with Crippen molar-refractivity contribution in [1.29, 1.82) is 0 Å². The van der Waals surface area contributed by atoms with Crippen molar-refractivity contribution in [2.75, 3.05) is 7.05 Å². The van der Waals surface area contributed by atoms with E-state index in [0.717, 1.165) is 26.1 Å². The van der Waals surface area contributed by atoms with E-state index in [-0.39, 0.29) is 0 Å². The molecule has 4 rings (SSSR count). The third-order valence-corrected chi connectivity index (χ3v) is 5.79. The van der Waals surface area contributed by atoms with Crippen LogP contribution in [0.25, 0.3) is 22.4 Å². The first-order valence-electron chi connectivity index (χ1n) is 8.84. The Morgan fingerprint density at radius 1 is 0.821 bits per heavy atom. The summed E-state index contributed by atoms with van der Waals surface area (Å²) in [6.45, 7) is 0. The fourth-order valence-electron chi connectivity index (χ4n) is 2.90. The molecule has 0 spiro atoms. The van der Waals surface area contributed by atoms with E-state index in [1.165, 1.54) is 11.1 Å². The number of nitrogens with zero attached hydrogens (tertiary/aromatic N) is 3. The maximum absolute atomic E-state index is 4.69. The SMILES string of the molecule is CN=c1scc(-c2ccc(-c3ccccc3)cc2)n1/N=C/c1ccc(Br)cc1. The molecule has 0 aliphatic carbocycles. The Bertz CT molecular complexity index is 1160. The van der Waals surface area contributed by atoms with Gasteiger partial charge in [-0.2, -0.15) is 5.10 Å². The molecule has 0 atom stereocenters. The summed E-state index contributed by atoms with van der Waals surface area (Å²) in [7, 11) is 1.79. The molecule has 0 bridgehead atoms. The van der Waals surface area contributed by atoms with Gasteiger partial charge in [-0.15, -0.1) is 11.3 Å². The van der Waals surface area contributed by atoms with Gasteiger partial charge in [0.25, 0.3) is 0 Å². The Morgan fingerprint density at radius 3 is 2.14 bits per heavy atom. The van der Waals surface area contributed by atoms with E-state index in [0.29, 0.717) is 0 Å². The quantitative estimate of drug-likeness (QED) is 0.340. The largest absolute Gasteiger partial charge is 0.261 e. The lowest BCUT2D eigenvalue weighted by Crippen LogP contribution is -2.11. The molecule has 4 aromatic rings. The van der Waals surface area contributed by atoms with Crippen LogP contribution in [0.5, 0.6) is 0 Å². The normalized spacial score (nSPS) is 12.0. The summed E-state index contributed by atoms with van der Waals surface area (Å²) < 4.78 is 2.95. The zero-order valence-electron chi connectivity index (χ0n) is 15.3. The molecule has 0 unspecified atom stereocenters. The topological polar surface area (TPSA) is 29.6 Å². The number of aromatic nitrogens is 1. The maximum atomic E-state index is 4.69. The molecule has 0 radical (unpaired) electrons. The van der Waals surface area contributed by atoms with Gasteiger partial charge in [0.05, 0.1) is 11.9 Å². The molecule has 0 aliphatic rings. The van der Waals surface area contributed by atoms with Crippen LogP contribution >= 0.6 is 27.3 Å². The third kappa shape index (κ3) is 4.06. The Morgan fingerprint density at radius 2 is 1.46 bits per heavy atom. The van der Waals surface area contributed by atoms with Gasteiger partial charge in [0.15, 0.2) is 0 Å². The lowest BCUT2D eigenvalue weighted by Gasteiger charge is -2.06. The minimum atomic E-state index is 0.857. The summed E-state index contributed by atoms with van der Waals surface area (Å²) in [5, 5.41) is 6.78. The lowest BCUT2D eigenvalue weighted by atomic mass is 10.0. The highest BCUT2D eigenvalue weighted by Crippen LogP contribution is 2.25. The monoisotopic (exact) mass is 447 g/mol. The Hall–Kier alpha value is -2.76. The van der Waals surface area contributed by atoms with Gasteiger partial charge < -0.3 is 0 Å². The van der Waals surface area contributed by atoms with Crippen molar-refractivity contribution < 1.29 is 0 Å². The van der Waals surface area contributed by atoms with Gasteiger partial charge in [-0.25, -0.2) is 4.68 Å². The average molecular weight is 448 g/mol. The van der Waals surface area contributed by atoms with Crippen LogP contribution in [0.15, 0.2) is 98.8 Å². The molecule has 0 fully saturated rings. The van der Waals surface area contributed by atoms with E-state index in [1.807, 2.05) is 41.2 Å². The second kappa shape index (κ2) is 8.50. The molecule has 0 saturated heterocycles. The van der Waals surface area contributed by atoms with Gasteiger partial charge >= 0.3 is 0 Å². The molecule has 1 heterocycles. The molecule has 28 heavy (non-hydrogen) atoms. The molecule has 0 amide bonds. The molecule has 5 heteroatoms. The van der Waals surface area contributed by atoms with E-state index in [9.17, 15) is 0 Å². The van der Waals surface area contributed by atoms with Crippen LogP contribution in [0.3, 0.4) is 0 Å². The van der Waals surface area contributed by atoms with Crippen molar-refractivity contribution in [2.45, 2.75) is 0 Å². The van der Waals surface area contributed by atoms with Crippen LogP contribution in [-0.4, -0.2) is 17.9 Å². The third-order valence-electron chi connectivity index (χ3n) is 4.36. The first kappa shape index (κ1) is 18.6. The standard InChI is InChI=1S/C23H18BrN3S/c1-25-23-27(26-15-17-7-13-21(24)14-8-17)22(16-28-23)20-11-9-19(10-12-20)18-5-3-2-4-6-18/h2-16H,1H3/b25-23?,26-15+. The second-order valence-electron chi connectivity index (χ2n) is 6.18. The van der Waals surface area contributed by atoms with Crippen LogP contribution in [0.1, 0.15) is 5.56 Å². The minimum absolute atomic E-state index is 0.857. The molecule has 0 N–H and O–H groups in total. The molecular weight excluding hydrogens is 430 g/mol. The highest BCUT2D eigenvalue weighted by Gasteiger charge is 2.07. The summed E-state index contributed by atoms with van der Waals surface area (Å²) in [4.78, 5) is 5.23. The molecule has 0 saturated carbocycles. The predicted molar refractivity (Wildman–Crippen MR) is 122 cm³/mol. The molecule has 3 nitrogen and oxygen atoms in total. The summed E-state index contributed by atoms with van der Waals surface area (Å²) in [6, 6.07) is 27.0. The summed E-state index contributed by atoms with van der Waals surface area (Å²) >= 11 is 5.04. The summed E-state index contributed by atoms with van der Waals surface area (Å²) in [6.07, 6.45) is 1.86. The Labute approximate surface area is 176 Å². The van der Waals surface area contributed by atoms with Gasteiger partial charge in [-0.1, -0.05) is 82.7 Å². The first-order valence-corrected chi connectivity index (χ1v) is 10.5. The minimum Gasteiger partial charge on any atom is -0.261 e. The van der Waals surface area contributed by atoms with Crippen LogP contribution in [-0.2, 0) is 0 Å². The van der Waals surface area contributed by atoms with Gasteiger partial charge in [-0.05, 0) is 28.8 Å². The van der Waals surface area contributed by atoms with E-state index in [2.05, 4.69) is 79.9 Å². The lowest BCUT2D eigenvalue weighted by molar-refractivity contribution is 0.848. The Kier molecular flexibility index (Phi) is 5.65. The van der Waals surface area contributed by atoms with Crippen molar-refractivity contribution >= 4 is 33.5 Å². The highest BCUT2D eigenvalue weighted by atomic mass is 79.9. The molecule has 1 aromatic heterocycles. The van der Waals surface area contributed by atoms with E-state index in [4.69, 9.17) is 0 Å². The fourth-order valence-corrected chi connectivity index (χ4v) is 3.97. The number of hydrogen-bond donors (Lipinski definition) is 0. The molecule has 0 aliphatic heterocycles. The smallest absolute Gasteiger partial charge is 0.205 e. The fraction of sp³-hybridized carbons (Fsp3) is 0.0435. The van der Waals surface area contributed by atoms with E-state index < -0.39 is 0 Å². The van der Waals surface area contributed by atoms with Crippen molar-refractivity contribution in [1.82, 2.24) is 4.68 Å². The van der Waals surface area contributed by atoms with Gasteiger partial charge in [0, 0.05) is 22.5 Å². The highest BCUT2D eigenvalue weighted by molar-refractivity contribution is 9.10. The predicted octanol–water partition coefficient (Wildman–Crippen LogP) is 6.06. The number of hydrogen-bond acceptors (Lipinski definition) is 3. The van der Waals surface area contributed by atoms with Crippen molar-refractivity contribution in [3.05, 3.63) is 99.1 Å². The van der Waals surface area contributed by atoms with Gasteiger partial charge in [0.1, 0.15) is 0 Å². The maximum Gasteiger partial charge on any atom is 0.205 e. The van der Waals surface area contributed by atoms with Crippen molar-refractivity contribution in [3.8, 4) is 22.4 Å².